The van der Waals surface area contributed by atoms with Crippen LogP contribution in [0.15, 0.2) is 29.3 Å². The van der Waals surface area contributed by atoms with E-state index in [0.717, 1.165) is 29.8 Å². The minimum absolute atomic E-state index is 0.0593. The average Bonchev–Trinajstić information content (AvgIpc) is 3.13. The Morgan fingerprint density at radius 3 is 2.80 bits per heavy atom. The Labute approximate surface area is 152 Å². The second-order valence-electron chi connectivity index (χ2n) is 6.56. The Morgan fingerprint density at radius 2 is 2.12 bits per heavy atom. The largest absolute Gasteiger partial charge is 0.872 e. The van der Waals surface area contributed by atoms with Crippen LogP contribution < -0.4 is 14.7 Å². The number of fused-ring (bicyclic) bond motifs is 1. The molecule has 1 unspecified atom stereocenters. The van der Waals surface area contributed by atoms with E-state index in [1.807, 2.05) is 18.4 Å². The molecule has 2 heterocycles. The van der Waals surface area contributed by atoms with E-state index in [1.54, 1.807) is 23.5 Å². The maximum absolute atomic E-state index is 12.7. The summed E-state index contributed by atoms with van der Waals surface area (Å²) in [7, 11) is 2.07. The number of carbonyl (C=O) groups excluding carboxylic acids is 1. The summed E-state index contributed by atoms with van der Waals surface area (Å²) in [4.78, 5) is 14.9. The summed E-state index contributed by atoms with van der Waals surface area (Å²) in [5.41, 5.74) is 2.21. The van der Waals surface area contributed by atoms with E-state index < -0.39 is 0 Å². The van der Waals surface area contributed by atoms with Gasteiger partial charge in [0.15, 0.2) is 5.76 Å². The van der Waals surface area contributed by atoms with Crippen molar-refractivity contribution in [3.05, 3.63) is 50.9 Å². The quantitative estimate of drug-likeness (QED) is 0.809. The van der Waals surface area contributed by atoms with Crippen molar-refractivity contribution < 1.29 is 19.5 Å². The van der Waals surface area contributed by atoms with Gasteiger partial charge in [0.05, 0.1) is 19.2 Å². The Balaban J connectivity index is 1.91. The van der Waals surface area contributed by atoms with Crippen LogP contribution in [0.3, 0.4) is 0 Å². The lowest BCUT2D eigenvalue weighted by Gasteiger charge is -2.20. The number of benzene rings is 1. The van der Waals surface area contributed by atoms with Gasteiger partial charge < -0.3 is 14.7 Å². The molecule has 0 aliphatic carbocycles. The Hall–Kier alpha value is -2.11. The lowest BCUT2D eigenvalue weighted by molar-refractivity contribution is -0.894. The van der Waals surface area contributed by atoms with Gasteiger partial charge in [-0.2, -0.15) is 0 Å². The highest BCUT2D eigenvalue weighted by Crippen LogP contribution is 2.38. The van der Waals surface area contributed by atoms with Crippen LogP contribution in [0.2, 0.25) is 0 Å². The molecule has 1 atom stereocenters. The van der Waals surface area contributed by atoms with Crippen LogP contribution in [-0.2, 0) is 6.54 Å². The number of carbonyl (C=O) groups is 1. The zero-order valence-corrected chi connectivity index (χ0v) is 15.7. The molecule has 0 spiro atoms. The van der Waals surface area contributed by atoms with Gasteiger partial charge in [-0.1, -0.05) is 25.2 Å². The van der Waals surface area contributed by atoms with Crippen LogP contribution in [0.5, 0.6) is 11.5 Å². The number of allylic oxidation sites excluding steroid dienone is 1. The Kier molecular flexibility index (Phi) is 5.25. The standard InChI is InChI=1S/C20H23NO3S/c1-4-5-9-21(3)12-15-16(22)7-6-14-19(23)17(24-20(14)15)11-18-13(2)8-10-25-18/h6-8,10-11,22H,4-5,9,12H2,1-3H3/b17-11-. The van der Waals surface area contributed by atoms with Gasteiger partial charge in [0, 0.05) is 16.5 Å². The fourth-order valence-electron chi connectivity index (χ4n) is 2.98. The molecule has 1 aliphatic rings. The molecule has 1 aromatic carbocycles. The molecular formula is C20H23NO3S. The van der Waals surface area contributed by atoms with E-state index in [9.17, 15) is 9.90 Å². The summed E-state index contributed by atoms with van der Waals surface area (Å²) in [5.74, 6) is 0.554. The van der Waals surface area contributed by atoms with E-state index in [-0.39, 0.29) is 11.5 Å². The summed E-state index contributed by atoms with van der Waals surface area (Å²) in [6.07, 6.45) is 4.01. The van der Waals surface area contributed by atoms with Gasteiger partial charge in [0.2, 0.25) is 5.78 Å². The maximum atomic E-state index is 12.7. The van der Waals surface area contributed by atoms with Gasteiger partial charge in [0.25, 0.3) is 0 Å². The highest BCUT2D eigenvalue weighted by Gasteiger charge is 2.30. The number of Topliss-reactive ketones (excluding diaryl/α,β-unsaturated/α-hetero) is 1. The third kappa shape index (κ3) is 3.62. The number of thiophene rings is 1. The van der Waals surface area contributed by atoms with E-state index in [0.29, 0.717) is 29.2 Å². The van der Waals surface area contributed by atoms with Gasteiger partial charge in [-0.15, -0.1) is 11.3 Å². The van der Waals surface area contributed by atoms with Crippen LogP contribution in [0.1, 0.15) is 46.1 Å². The lowest BCUT2D eigenvalue weighted by atomic mass is 10.0. The van der Waals surface area contributed by atoms with Crippen molar-refractivity contribution >= 4 is 23.2 Å². The number of aryl methyl sites for hydroxylation is 1. The number of unbranched alkanes of at least 4 members (excludes halogenated alkanes) is 1. The molecule has 0 amide bonds. The molecular weight excluding hydrogens is 334 g/mol. The van der Waals surface area contributed by atoms with Crippen molar-refractivity contribution in [3.63, 3.8) is 0 Å². The van der Waals surface area contributed by atoms with E-state index in [2.05, 4.69) is 14.0 Å². The molecule has 1 aromatic heterocycles. The summed E-state index contributed by atoms with van der Waals surface area (Å²) >= 11 is 1.57. The molecule has 0 saturated carbocycles. The van der Waals surface area contributed by atoms with Crippen LogP contribution in [-0.4, -0.2) is 19.4 Å². The molecule has 0 saturated heterocycles. The third-order valence-electron chi connectivity index (χ3n) is 4.50. The number of quaternary nitrogens is 1. The zero-order chi connectivity index (χ0) is 18.0. The first-order valence-corrected chi connectivity index (χ1v) is 9.51. The minimum Gasteiger partial charge on any atom is -0.872 e. The van der Waals surface area contributed by atoms with Crippen molar-refractivity contribution in [2.75, 3.05) is 13.6 Å². The first-order valence-electron chi connectivity index (χ1n) is 8.63. The fourth-order valence-corrected chi connectivity index (χ4v) is 3.82. The van der Waals surface area contributed by atoms with Gasteiger partial charge >= 0.3 is 0 Å². The van der Waals surface area contributed by atoms with Crippen LogP contribution in [0.4, 0.5) is 0 Å². The number of rotatable bonds is 6. The van der Waals surface area contributed by atoms with Crippen LogP contribution in [0, 0.1) is 6.92 Å². The number of ketones is 1. The summed E-state index contributed by atoms with van der Waals surface area (Å²) < 4.78 is 5.87. The summed E-state index contributed by atoms with van der Waals surface area (Å²) in [5, 5.41) is 14.3. The number of hydrogen-bond acceptors (Lipinski definition) is 4. The topological polar surface area (TPSA) is 53.8 Å². The molecule has 0 fully saturated rings. The Bertz CT molecular complexity index is 822. The van der Waals surface area contributed by atoms with Crippen molar-refractivity contribution in [1.82, 2.24) is 0 Å². The Morgan fingerprint density at radius 1 is 1.32 bits per heavy atom. The van der Waals surface area contributed by atoms with E-state index in [4.69, 9.17) is 4.74 Å². The molecule has 2 aromatic rings. The molecule has 1 aliphatic heterocycles. The number of hydrogen-bond donors (Lipinski definition) is 1. The second-order valence-corrected chi connectivity index (χ2v) is 7.51. The van der Waals surface area contributed by atoms with Gasteiger partial charge in [-0.05, 0) is 36.4 Å². The SMILES string of the molecule is CCCC[NH+](C)Cc1c([O-])ccc2c1O/C(=C\c1sccc1C)C2=O. The maximum Gasteiger partial charge on any atom is 0.232 e. The smallest absolute Gasteiger partial charge is 0.232 e. The van der Waals surface area contributed by atoms with Crippen LogP contribution in [0.25, 0.3) is 6.08 Å². The molecule has 25 heavy (non-hydrogen) atoms. The van der Waals surface area contributed by atoms with Gasteiger partial charge in [-0.25, -0.2) is 0 Å². The predicted molar refractivity (Wildman–Crippen MR) is 98.2 cm³/mol. The highest BCUT2D eigenvalue weighted by molar-refractivity contribution is 7.11. The fraction of sp³-hybridized carbons (Fsp3) is 0.350. The highest BCUT2D eigenvalue weighted by atomic mass is 32.1. The molecule has 132 valence electrons. The molecule has 3 rings (SSSR count). The summed E-state index contributed by atoms with van der Waals surface area (Å²) in [6.45, 7) is 5.71. The van der Waals surface area contributed by atoms with Gasteiger partial charge in [0.1, 0.15) is 12.3 Å². The molecule has 0 radical (unpaired) electrons. The minimum atomic E-state index is -0.143. The van der Waals surface area contributed by atoms with E-state index in [1.165, 1.54) is 11.0 Å². The van der Waals surface area contributed by atoms with E-state index >= 15 is 0 Å². The zero-order valence-electron chi connectivity index (χ0n) is 14.8. The van der Waals surface area contributed by atoms with Crippen molar-refractivity contribution in [2.45, 2.75) is 33.2 Å². The first-order chi connectivity index (χ1) is 12.0. The lowest BCUT2D eigenvalue weighted by Crippen LogP contribution is -3.07. The predicted octanol–water partition coefficient (Wildman–Crippen LogP) is 2.56. The molecule has 1 N–H and O–H groups in total. The normalized spacial score (nSPS) is 16.1. The average molecular weight is 357 g/mol. The third-order valence-corrected chi connectivity index (χ3v) is 5.46. The van der Waals surface area contributed by atoms with Crippen molar-refractivity contribution in [2.24, 2.45) is 0 Å². The molecule has 4 nitrogen and oxygen atoms in total. The van der Waals surface area contributed by atoms with Crippen molar-refractivity contribution in [3.8, 4) is 11.5 Å². The second kappa shape index (κ2) is 7.42. The first kappa shape index (κ1) is 17.7. The number of nitrogens with one attached hydrogen (secondary N) is 1. The van der Waals surface area contributed by atoms with Crippen LogP contribution >= 0.6 is 11.3 Å². The summed E-state index contributed by atoms with van der Waals surface area (Å²) in [6, 6.07) is 5.09. The number of ether oxygens (including phenoxy) is 1. The monoisotopic (exact) mass is 357 g/mol. The van der Waals surface area contributed by atoms with Gasteiger partial charge in [-0.3, -0.25) is 4.79 Å². The van der Waals surface area contributed by atoms with Crippen molar-refractivity contribution in [1.29, 1.82) is 0 Å². The molecule has 0 bridgehead atoms. The molecule has 5 heteroatoms.